The topological polar surface area (TPSA) is 89.8 Å². The van der Waals surface area contributed by atoms with Gasteiger partial charge in [0.15, 0.2) is 16.8 Å². The standard InChI is InChI=1S/C24H20FN5O2S/c1-2-22(32)27-19-7-3-16(4-8-19)21(31)15-33-24-29-28-23(17-11-13-26-14-12-17)30(24)20-9-5-18(25)6-10-20/h3-14H,2,15H2,1H3,(H,27,32). The van der Waals surface area contributed by atoms with Gasteiger partial charge in [-0.1, -0.05) is 18.7 Å². The van der Waals surface area contributed by atoms with E-state index in [0.717, 1.165) is 5.56 Å². The first kappa shape index (κ1) is 22.3. The maximum Gasteiger partial charge on any atom is 0.224 e. The summed E-state index contributed by atoms with van der Waals surface area (Å²) in [5, 5.41) is 11.8. The molecule has 4 rings (SSSR count). The van der Waals surface area contributed by atoms with Crippen LogP contribution in [0.25, 0.3) is 17.1 Å². The lowest BCUT2D eigenvalue weighted by molar-refractivity contribution is -0.115. The van der Waals surface area contributed by atoms with E-state index in [4.69, 9.17) is 0 Å². The first-order chi connectivity index (χ1) is 16.0. The van der Waals surface area contributed by atoms with Gasteiger partial charge in [0.25, 0.3) is 0 Å². The molecule has 0 aliphatic heterocycles. The Kier molecular flexibility index (Phi) is 6.89. The Morgan fingerprint density at radius 3 is 2.33 bits per heavy atom. The van der Waals surface area contributed by atoms with Crippen molar-refractivity contribution in [3.63, 3.8) is 0 Å². The largest absolute Gasteiger partial charge is 0.326 e. The van der Waals surface area contributed by atoms with Gasteiger partial charge < -0.3 is 5.32 Å². The highest BCUT2D eigenvalue weighted by atomic mass is 32.2. The molecule has 0 unspecified atom stereocenters. The summed E-state index contributed by atoms with van der Waals surface area (Å²) in [5.74, 6) is 0.175. The molecule has 0 radical (unpaired) electrons. The van der Waals surface area contributed by atoms with E-state index in [1.54, 1.807) is 60.3 Å². The van der Waals surface area contributed by atoms with Crippen molar-refractivity contribution in [2.75, 3.05) is 11.1 Å². The molecule has 4 aromatic rings. The predicted octanol–water partition coefficient (Wildman–Crippen LogP) is 4.79. The number of pyridine rings is 1. The molecule has 2 heterocycles. The quantitative estimate of drug-likeness (QED) is 0.300. The van der Waals surface area contributed by atoms with Crippen molar-refractivity contribution in [3.8, 4) is 17.1 Å². The molecule has 7 nitrogen and oxygen atoms in total. The molecule has 33 heavy (non-hydrogen) atoms. The van der Waals surface area contributed by atoms with Crippen molar-refractivity contribution >= 4 is 29.1 Å². The molecule has 2 aromatic heterocycles. The molecular weight excluding hydrogens is 441 g/mol. The van der Waals surface area contributed by atoms with E-state index >= 15 is 0 Å². The van der Waals surface area contributed by atoms with Crippen molar-refractivity contribution in [1.29, 1.82) is 0 Å². The monoisotopic (exact) mass is 461 g/mol. The second-order valence-corrected chi connectivity index (χ2v) is 7.99. The van der Waals surface area contributed by atoms with Gasteiger partial charge in [-0.05, 0) is 60.7 Å². The number of anilines is 1. The van der Waals surface area contributed by atoms with Crippen LogP contribution < -0.4 is 5.32 Å². The van der Waals surface area contributed by atoms with Crippen LogP contribution in [0.4, 0.5) is 10.1 Å². The third-order valence-corrected chi connectivity index (χ3v) is 5.73. The van der Waals surface area contributed by atoms with Crippen molar-refractivity contribution in [3.05, 3.63) is 84.4 Å². The normalized spacial score (nSPS) is 10.7. The van der Waals surface area contributed by atoms with E-state index in [9.17, 15) is 14.0 Å². The summed E-state index contributed by atoms with van der Waals surface area (Å²) in [6.07, 6.45) is 3.69. The van der Waals surface area contributed by atoms with E-state index in [0.29, 0.717) is 34.3 Å². The van der Waals surface area contributed by atoms with Gasteiger partial charge in [0, 0.05) is 41.3 Å². The number of benzene rings is 2. The first-order valence-corrected chi connectivity index (χ1v) is 11.2. The van der Waals surface area contributed by atoms with Gasteiger partial charge in [-0.3, -0.25) is 19.1 Å². The molecule has 1 amide bonds. The van der Waals surface area contributed by atoms with Gasteiger partial charge in [-0.25, -0.2) is 4.39 Å². The van der Waals surface area contributed by atoms with Crippen LogP contribution in [0.1, 0.15) is 23.7 Å². The number of hydrogen-bond acceptors (Lipinski definition) is 6. The molecule has 9 heteroatoms. The zero-order valence-corrected chi connectivity index (χ0v) is 18.6. The molecule has 0 aliphatic carbocycles. The molecule has 0 aliphatic rings. The number of carbonyl (C=O) groups is 2. The van der Waals surface area contributed by atoms with Crippen molar-refractivity contribution in [1.82, 2.24) is 19.7 Å². The molecule has 1 N–H and O–H groups in total. The Morgan fingerprint density at radius 1 is 0.970 bits per heavy atom. The summed E-state index contributed by atoms with van der Waals surface area (Å²) in [6.45, 7) is 1.77. The zero-order chi connectivity index (χ0) is 23.2. The SMILES string of the molecule is CCC(=O)Nc1ccc(C(=O)CSc2nnc(-c3ccncc3)n2-c2ccc(F)cc2)cc1. The number of Topliss-reactive ketones (excluding diaryl/α,β-unsaturated/α-hetero) is 1. The van der Waals surface area contributed by atoms with Crippen LogP contribution in [0, 0.1) is 5.82 Å². The fourth-order valence-corrected chi connectivity index (χ4v) is 3.92. The van der Waals surface area contributed by atoms with Gasteiger partial charge in [-0.15, -0.1) is 10.2 Å². The molecule has 0 spiro atoms. The third kappa shape index (κ3) is 5.32. The van der Waals surface area contributed by atoms with Crippen LogP contribution in [0.2, 0.25) is 0 Å². The first-order valence-electron chi connectivity index (χ1n) is 10.2. The van der Waals surface area contributed by atoms with Crippen LogP contribution in [0.3, 0.4) is 0 Å². The summed E-state index contributed by atoms with van der Waals surface area (Å²) in [6, 6.07) is 16.4. The molecule has 2 aromatic carbocycles. The number of ketones is 1. The second kappa shape index (κ2) is 10.2. The van der Waals surface area contributed by atoms with Gasteiger partial charge >= 0.3 is 0 Å². The molecule has 0 saturated carbocycles. The number of aromatic nitrogens is 4. The number of rotatable bonds is 8. The van der Waals surface area contributed by atoms with Crippen LogP contribution >= 0.6 is 11.8 Å². The lowest BCUT2D eigenvalue weighted by Gasteiger charge is -2.10. The second-order valence-electron chi connectivity index (χ2n) is 7.04. The Bertz CT molecular complexity index is 1260. The highest BCUT2D eigenvalue weighted by Gasteiger charge is 2.18. The fraction of sp³-hybridized carbons (Fsp3) is 0.125. The van der Waals surface area contributed by atoms with Gasteiger partial charge in [0.2, 0.25) is 5.91 Å². The van der Waals surface area contributed by atoms with E-state index in [-0.39, 0.29) is 23.3 Å². The molecular formula is C24H20FN5O2S. The lowest BCUT2D eigenvalue weighted by atomic mass is 10.1. The number of halogens is 1. The summed E-state index contributed by atoms with van der Waals surface area (Å²) in [7, 11) is 0. The van der Waals surface area contributed by atoms with Crippen LogP contribution in [0.5, 0.6) is 0 Å². The Hall–Kier alpha value is -3.85. The van der Waals surface area contributed by atoms with Gasteiger partial charge in [0.1, 0.15) is 5.82 Å². The maximum atomic E-state index is 13.5. The number of nitrogens with one attached hydrogen (secondary N) is 1. The van der Waals surface area contributed by atoms with Gasteiger partial charge in [-0.2, -0.15) is 0 Å². The summed E-state index contributed by atoms with van der Waals surface area (Å²) >= 11 is 1.24. The fourth-order valence-electron chi connectivity index (χ4n) is 3.08. The third-order valence-electron chi connectivity index (χ3n) is 4.80. The Balaban J connectivity index is 1.55. The summed E-state index contributed by atoms with van der Waals surface area (Å²) in [4.78, 5) is 28.3. The number of thioether (sulfide) groups is 1. The van der Waals surface area contributed by atoms with Crippen molar-refractivity contribution in [2.24, 2.45) is 0 Å². The van der Waals surface area contributed by atoms with E-state index in [2.05, 4.69) is 20.5 Å². The highest BCUT2D eigenvalue weighted by molar-refractivity contribution is 7.99. The van der Waals surface area contributed by atoms with Crippen molar-refractivity contribution in [2.45, 2.75) is 18.5 Å². The average molecular weight is 462 g/mol. The van der Waals surface area contributed by atoms with Crippen molar-refractivity contribution < 1.29 is 14.0 Å². The molecule has 0 atom stereocenters. The zero-order valence-electron chi connectivity index (χ0n) is 17.7. The van der Waals surface area contributed by atoms with E-state index in [1.165, 1.54) is 23.9 Å². The Labute approximate surface area is 194 Å². The smallest absolute Gasteiger partial charge is 0.224 e. The number of amides is 1. The minimum atomic E-state index is -0.347. The molecule has 0 bridgehead atoms. The minimum Gasteiger partial charge on any atom is -0.326 e. The molecule has 0 fully saturated rings. The van der Waals surface area contributed by atoms with E-state index in [1.807, 2.05) is 12.1 Å². The predicted molar refractivity (Wildman–Crippen MR) is 125 cm³/mol. The highest BCUT2D eigenvalue weighted by Crippen LogP contribution is 2.28. The lowest BCUT2D eigenvalue weighted by Crippen LogP contribution is -2.10. The average Bonchev–Trinajstić information content (AvgIpc) is 3.28. The number of carbonyl (C=O) groups excluding carboxylic acids is 2. The Morgan fingerprint density at radius 2 is 1.67 bits per heavy atom. The number of hydrogen-bond donors (Lipinski definition) is 1. The minimum absolute atomic E-state index is 0.0882. The van der Waals surface area contributed by atoms with E-state index < -0.39 is 0 Å². The maximum absolute atomic E-state index is 13.5. The summed E-state index contributed by atoms with van der Waals surface area (Å²) in [5.41, 5.74) is 2.65. The molecule has 166 valence electrons. The summed E-state index contributed by atoms with van der Waals surface area (Å²) < 4.78 is 15.3. The van der Waals surface area contributed by atoms with Crippen LogP contribution in [-0.2, 0) is 4.79 Å². The van der Waals surface area contributed by atoms with Crippen LogP contribution in [0.15, 0.2) is 78.2 Å². The number of nitrogens with zero attached hydrogens (tertiary/aromatic N) is 4. The molecule has 0 saturated heterocycles. The van der Waals surface area contributed by atoms with Crippen LogP contribution in [-0.4, -0.2) is 37.2 Å². The van der Waals surface area contributed by atoms with Gasteiger partial charge in [0.05, 0.1) is 5.75 Å².